The number of nitrogens with zero attached hydrogens (tertiary/aromatic N) is 1. The molecule has 0 fully saturated rings. The van der Waals surface area contributed by atoms with E-state index in [1.807, 2.05) is 37.3 Å². The summed E-state index contributed by atoms with van der Waals surface area (Å²) in [4.78, 5) is 16.2. The molecule has 0 radical (unpaired) electrons. The minimum atomic E-state index is -0.703. The molecular formula is C28H33NO5S. The van der Waals surface area contributed by atoms with Crippen molar-refractivity contribution in [2.24, 2.45) is 5.92 Å². The van der Waals surface area contributed by atoms with E-state index < -0.39 is 5.97 Å². The first-order valence-electron chi connectivity index (χ1n) is 12.3. The third-order valence-electron chi connectivity index (χ3n) is 6.62. The number of hydrogen-bond acceptors (Lipinski definition) is 6. The summed E-state index contributed by atoms with van der Waals surface area (Å²) >= 11 is 1.64. The van der Waals surface area contributed by atoms with E-state index in [-0.39, 0.29) is 11.8 Å². The van der Waals surface area contributed by atoms with Crippen LogP contribution in [0.25, 0.3) is 10.6 Å². The zero-order chi connectivity index (χ0) is 24.8. The minimum absolute atomic E-state index is 0.0978. The van der Waals surface area contributed by atoms with E-state index in [1.54, 1.807) is 18.4 Å². The van der Waals surface area contributed by atoms with E-state index in [2.05, 4.69) is 23.4 Å². The maximum atomic E-state index is 11.6. The molecule has 35 heavy (non-hydrogen) atoms. The van der Waals surface area contributed by atoms with Crippen LogP contribution in [0.3, 0.4) is 0 Å². The van der Waals surface area contributed by atoms with E-state index in [4.69, 9.17) is 14.2 Å². The summed E-state index contributed by atoms with van der Waals surface area (Å²) in [6.07, 6.45) is 4.09. The topological polar surface area (TPSA) is 77.9 Å². The molecule has 6 nitrogen and oxygen atoms in total. The van der Waals surface area contributed by atoms with Crippen molar-refractivity contribution < 1.29 is 24.1 Å². The fourth-order valence-electron chi connectivity index (χ4n) is 4.72. The lowest BCUT2D eigenvalue weighted by molar-refractivity contribution is -0.142. The molecule has 0 amide bonds. The van der Waals surface area contributed by atoms with Gasteiger partial charge >= 0.3 is 5.97 Å². The number of fused-ring (bicyclic) bond motifs is 1. The van der Waals surface area contributed by atoms with Crippen LogP contribution in [-0.2, 0) is 17.6 Å². The van der Waals surface area contributed by atoms with Crippen LogP contribution in [0.2, 0.25) is 0 Å². The second-order valence-electron chi connectivity index (χ2n) is 8.77. The average Bonchev–Trinajstić information content (AvgIpc) is 3.51. The number of aromatic nitrogens is 1. The monoisotopic (exact) mass is 495 g/mol. The Morgan fingerprint density at radius 3 is 2.69 bits per heavy atom. The quantitative estimate of drug-likeness (QED) is 0.294. The second kappa shape index (κ2) is 11.6. The van der Waals surface area contributed by atoms with Crippen molar-refractivity contribution in [1.29, 1.82) is 0 Å². The van der Waals surface area contributed by atoms with Gasteiger partial charge in [-0.2, -0.15) is 0 Å². The van der Waals surface area contributed by atoms with Gasteiger partial charge in [0.1, 0.15) is 10.8 Å². The van der Waals surface area contributed by atoms with Gasteiger partial charge in [0.2, 0.25) is 0 Å². The van der Waals surface area contributed by atoms with Crippen molar-refractivity contribution in [3.63, 3.8) is 0 Å². The first-order chi connectivity index (χ1) is 17.0. The van der Waals surface area contributed by atoms with Gasteiger partial charge in [0.05, 0.1) is 31.9 Å². The molecule has 7 heteroatoms. The molecule has 0 spiro atoms. The molecule has 2 aromatic carbocycles. The van der Waals surface area contributed by atoms with Gasteiger partial charge in [-0.15, -0.1) is 11.3 Å². The van der Waals surface area contributed by atoms with Gasteiger partial charge in [-0.3, -0.25) is 4.79 Å². The molecule has 0 aliphatic heterocycles. The van der Waals surface area contributed by atoms with E-state index in [0.29, 0.717) is 31.1 Å². The summed E-state index contributed by atoms with van der Waals surface area (Å²) in [6.45, 7) is 5.10. The third-order valence-corrected chi connectivity index (χ3v) is 7.56. The van der Waals surface area contributed by atoms with Crippen LogP contribution < -0.4 is 14.2 Å². The Labute approximate surface area is 210 Å². The molecule has 2 atom stereocenters. The molecular weight excluding hydrogens is 462 g/mol. The van der Waals surface area contributed by atoms with Crippen molar-refractivity contribution in [1.82, 2.24) is 4.98 Å². The van der Waals surface area contributed by atoms with Gasteiger partial charge in [0.25, 0.3) is 0 Å². The Kier molecular flexibility index (Phi) is 8.29. The molecule has 0 saturated heterocycles. The lowest BCUT2D eigenvalue weighted by Crippen LogP contribution is -2.19. The van der Waals surface area contributed by atoms with Crippen molar-refractivity contribution in [3.05, 3.63) is 58.6 Å². The number of benzene rings is 2. The van der Waals surface area contributed by atoms with Gasteiger partial charge in [-0.1, -0.05) is 19.9 Å². The lowest BCUT2D eigenvalue weighted by atomic mass is 9.85. The van der Waals surface area contributed by atoms with Crippen LogP contribution in [0.1, 0.15) is 55.8 Å². The molecule has 4 rings (SSSR count). The molecule has 1 unspecified atom stereocenters. The highest BCUT2D eigenvalue weighted by Gasteiger charge is 2.33. The number of methoxy groups -OCH3 is 1. The number of thiazole rings is 1. The highest BCUT2D eigenvalue weighted by Crippen LogP contribution is 2.41. The number of ether oxygens (including phenoxy) is 3. The van der Waals surface area contributed by atoms with Crippen LogP contribution in [0.4, 0.5) is 0 Å². The zero-order valence-corrected chi connectivity index (χ0v) is 21.4. The lowest BCUT2D eigenvalue weighted by Gasteiger charge is -2.19. The summed E-state index contributed by atoms with van der Waals surface area (Å²) in [5.41, 5.74) is 4.49. The standard InChI is InChI=1S/C28H33NO5S/c1-4-20-17-35-27(29-20)19-8-12-25(26(16-19)32-3)34-14-6-13-33-21-9-11-23-18(15-21)7-10-24(23)22(5-2)28(30)31/h8-9,11-12,15-17,22,24H,4-7,10,13-14H2,1-3H3,(H,30,31)/t22?,24-/m0/s1. The maximum Gasteiger partial charge on any atom is 0.307 e. The first kappa shape index (κ1) is 25.0. The number of aliphatic carboxylic acids is 1. The summed E-state index contributed by atoms with van der Waals surface area (Å²) < 4.78 is 17.4. The third kappa shape index (κ3) is 5.78. The van der Waals surface area contributed by atoms with Crippen molar-refractivity contribution >= 4 is 17.3 Å². The maximum absolute atomic E-state index is 11.6. The van der Waals surface area contributed by atoms with Crippen molar-refractivity contribution in [2.75, 3.05) is 20.3 Å². The van der Waals surface area contributed by atoms with Crippen LogP contribution in [0, 0.1) is 5.92 Å². The van der Waals surface area contributed by atoms with Gasteiger partial charge in [-0.25, -0.2) is 4.98 Å². The van der Waals surface area contributed by atoms with Gasteiger partial charge in [-0.05, 0) is 73.1 Å². The van der Waals surface area contributed by atoms with Gasteiger partial charge in [0.15, 0.2) is 11.5 Å². The Balaban J connectivity index is 1.28. The Morgan fingerprint density at radius 2 is 1.97 bits per heavy atom. The molecule has 1 aliphatic rings. The molecule has 1 N–H and O–H groups in total. The Morgan fingerprint density at radius 1 is 1.14 bits per heavy atom. The molecule has 0 saturated carbocycles. The smallest absolute Gasteiger partial charge is 0.307 e. The summed E-state index contributed by atoms with van der Waals surface area (Å²) in [5.74, 6) is 1.30. The van der Waals surface area contributed by atoms with Gasteiger partial charge < -0.3 is 19.3 Å². The molecule has 1 aromatic heterocycles. The molecule has 3 aromatic rings. The molecule has 186 valence electrons. The molecule has 0 bridgehead atoms. The SMILES string of the molecule is CCc1csc(-c2ccc(OCCCOc3ccc4c(c3)CC[C@H]4C(CC)C(=O)O)c(OC)c2)n1. The minimum Gasteiger partial charge on any atom is -0.493 e. The normalized spacial score (nSPS) is 15.5. The van der Waals surface area contributed by atoms with E-state index in [9.17, 15) is 9.90 Å². The van der Waals surface area contributed by atoms with Crippen LogP contribution in [0.15, 0.2) is 41.8 Å². The van der Waals surface area contributed by atoms with Crippen LogP contribution >= 0.6 is 11.3 Å². The van der Waals surface area contributed by atoms with Crippen LogP contribution in [0.5, 0.6) is 17.2 Å². The highest BCUT2D eigenvalue weighted by molar-refractivity contribution is 7.13. The van der Waals surface area contributed by atoms with E-state index in [1.165, 1.54) is 5.56 Å². The van der Waals surface area contributed by atoms with Crippen molar-refractivity contribution in [2.45, 2.75) is 51.9 Å². The van der Waals surface area contributed by atoms with E-state index >= 15 is 0 Å². The van der Waals surface area contributed by atoms with E-state index in [0.717, 1.165) is 53.3 Å². The fraction of sp³-hybridized carbons (Fsp3) is 0.429. The number of hydrogen-bond donors (Lipinski definition) is 1. The largest absolute Gasteiger partial charge is 0.493 e. The number of carboxylic acids is 1. The second-order valence-corrected chi connectivity index (χ2v) is 9.63. The number of rotatable bonds is 12. The number of carboxylic acid groups (broad SMARTS) is 1. The molecule has 1 heterocycles. The number of aryl methyl sites for hydroxylation is 2. The zero-order valence-electron chi connectivity index (χ0n) is 20.6. The summed E-state index contributed by atoms with van der Waals surface area (Å²) in [7, 11) is 1.64. The van der Waals surface area contributed by atoms with Crippen LogP contribution in [-0.4, -0.2) is 36.4 Å². The Hall–Kier alpha value is -3.06. The number of carbonyl (C=O) groups is 1. The fourth-order valence-corrected chi connectivity index (χ4v) is 5.62. The average molecular weight is 496 g/mol. The summed E-state index contributed by atoms with van der Waals surface area (Å²) in [5, 5.41) is 12.6. The van der Waals surface area contributed by atoms with Gasteiger partial charge in [0, 0.05) is 17.4 Å². The predicted octanol–water partition coefficient (Wildman–Crippen LogP) is 6.37. The Bertz CT molecular complexity index is 1160. The predicted molar refractivity (Wildman–Crippen MR) is 138 cm³/mol. The molecule has 1 aliphatic carbocycles. The first-order valence-corrected chi connectivity index (χ1v) is 13.2. The summed E-state index contributed by atoms with van der Waals surface area (Å²) in [6, 6.07) is 12.0. The highest BCUT2D eigenvalue weighted by atomic mass is 32.1. The van der Waals surface area contributed by atoms with Crippen molar-refractivity contribution in [3.8, 4) is 27.8 Å².